The van der Waals surface area contributed by atoms with Gasteiger partial charge in [0.25, 0.3) is 0 Å². The third-order valence-corrected chi connectivity index (χ3v) is 14.4. The molecular formula is C62H39N5S. The van der Waals surface area contributed by atoms with Gasteiger partial charge in [-0.15, -0.1) is 0 Å². The van der Waals surface area contributed by atoms with Crippen LogP contribution in [0.15, 0.2) is 247 Å². The highest BCUT2D eigenvalue weighted by atomic mass is 32.2. The molecule has 318 valence electrons. The molecule has 1 spiro atoms. The molecule has 0 radical (unpaired) electrons. The van der Waals surface area contributed by atoms with Crippen molar-refractivity contribution in [3.05, 3.63) is 259 Å². The lowest BCUT2D eigenvalue weighted by atomic mass is 9.67. The van der Waals surface area contributed by atoms with Crippen LogP contribution in [-0.4, -0.2) is 24.9 Å². The molecule has 0 bridgehead atoms. The maximum absolute atomic E-state index is 5.11. The number of hydrogen-bond donors (Lipinski definition) is 0. The van der Waals surface area contributed by atoms with Gasteiger partial charge in [-0.05, 0) is 122 Å². The van der Waals surface area contributed by atoms with Crippen LogP contribution in [0, 0.1) is 0 Å². The van der Waals surface area contributed by atoms with Gasteiger partial charge in [0.05, 0.1) is 39.6 Å². The number of hydrogen-bond acceptors (Lipinski definition) is 6. The lowest BCUT2D eigenvalue weighted by molar-refractivity contribution is 0.722. The van der Waals surface area contributed by atoms with E-state index in [1.807, 2.05) is 72.7 Å². The maximum Gasteiger partial charge on any atom is 0.160 e. The molecule has 11 aromatic rings. The zero-order valence-corrected chi connectivity index (χ0v) is 37.5. The minimum atomic E-state index is -0.516. The second kappa shape index (κ2) is 16.4. The van der Waals surface area contributed by atoms with E-state index in [-0.39, 0.29) is 0 Å². The van der Waals surface area contributed by atoms with E-state index >= 15 is 0 Å². The fourth-order valence-electron chi connectivity index (χ4n) is 10.2. The Balaban J connectivity index is 0.975. The predicted molar refractivity (Wildman–Crippen MR) is 275 cm³/mol. The number of nitrogens with zero attached hydrogens (tertiary/aromatic N) is 5. The molecule has 7 aromatic carbocycles. The van der Waals surface area contributed by atoms with E-state index in [4.69, 9.17) is 24.9 Å². The molecule has 5 nitrogen and oxygen atoms in total. The van der Waals surface area contributed by atoms with Gasteiger partial charge in [0.1, 0.15) is 0 Å². The van der Waals surface area contributed by atoms with E-state index in [1.54, 1.807) is 0 Å². The first kappa shape index (κ1) is 39.8. The van der Waals surface area contributed by atoms with Crippen LogP contribution >= 0.6 is 11.8 Å². The van der Waals surface area contributed by atoms with Crippen LogP contribution in [0.25, 0.3) is 90.1 Å². The topological polar surface area (TPSA) is 64.5 Å². The molecule has 0 saturated heterocycles. The number of rotatable bonds is 7. The molecule has 0 unspecified atom stereocenters. The van der Waals surface area contributed by atoms with Crippen molar-refractivity contribution in [2.24, 2.45) is 0 Å². The average Bonchev–Trinajstić information content (AvgIpc) is 3.70. The fraction of sp³-hybridized carbons (Fsp3) is 0.0161. The van der Waals surface area contributed by atoms with Crippen LogP contribution in [0.5, 0.6) is 0 Å². The fourth-order valence-corrected chi connectivity index (χ4v) is 11.3. The van der Waals surface area contributed by atoms with E-state index in [1.165, 1.54) is 43.2 Å². The lowest BCUT2D eigenvalue weighted by Gasteiger charge is -2.39. The van der Waals surface area contributed by atoms with Gasteiger partial charge in [-0.3, -0.25) is 9.97 Å². The van der Waals surface area contributed by atoms with Crippen molar-refractivity contribution in [3.63, 3.8) is 0 Å². The third-order valence-electron chi connectivity index (χ3n) is 13.3. The van der Waals surface area contributed by atoms with Crippen molar-refractivity contribution in [1.29, 1.82) is 0 Å². The first-order valence-electron chi connectivity index (χ1n) is 22.8. The zero-order chi connectivity index (χ0) is 45.0. The van der Waals surface area contributed by atoms with E-state index in [0.29, 0.717) is 5.82 Å². The van der Waals surface area contributed by atoms with Crippen LogP contribution in [-0.2, 0) is 5.41 Å². The average molecular weight is 886 g/mol. The molecule has 0 amide bonds. The van der Waals surface area contributed by atoms with Gasteiger partial charge in [0.15, 0.2) is 5.82 Å². The van der Waals surface area contributed by atoms with Crippen molar-refractivity contribution in [2.45, 2.75) is 15.2 Å². The Hall–Kier alpha value is -8.58. The van der Waals surface area contributed by atoms with Gasteiger partial charge < -0.3 is 0 Å². The van der Waals surface area contributed by atoms with Gasteiger partial charge >= 0.3 is 0 Å². The van der Waals surface area contributed by atoms with Crippen LogP contribution < -0.4 is 0 Å². The van der Waals surface area contributed by atoms with E-state index in [0.717, 1.165) is 73.1 Å². The summed E-state index contributed by atoms with van der Waals surface area (Å²) >= 11 is 1.86. The highest BCUT2D eigenvalue weighted by Gasteiger charge is 2.50. The molecule has 4 aromatic heterocycles. The molecular weight excluding hydrogens is 847 g/mol. The van der Waals surface area contributed by atoms with Crippen LogP contribution in [0.3, 0.4) is 0 Å². The normalized spacial score (nSPS) is 12.8. The zero-order valence-electron chi connectivity index (χ0n) is 36.7. The predicted octanol–water partition coefficient (Wildman–Crippen LogP) is 15.2. The second-order valence-electron chi connectivity index (χ2n) is 17.2. The largest absolute Gasteiger partial charge is 0.255 e. The van der Waals surface area contributed by atoms with Gasteiger partial charge in [0.2, 0.25) is 0 Å². The lowest BCUT2D eigenvalue weighted by Crippen LogP contribution is -2.31. The van der Waals surface area contributed by atoms with Gasteiger partial charge in [-0.25, -0.2) is 15.0 Å². The van der Waals surface area contributed by atoms with Crippen molar-refractivity contribution < 1.29 is 0 Å². The van der Waals surface area contributed by atoms with Crippen LogP contribution in [0.2, 0.25) is 0 Å². The molecule has 1 aliphatic heterocycles. The summed E-state index contributed by atoms with van der Waals surface area (Å²) in [6.07, 6.45) is 3.64. The molecule has 0 N–H and O–H groups in total. The summed E-state index contributed by atoms with van der Waals surface area (Å²) in [5.41, 5.74) is 19.5. The SMILES string of the molecule is c1ccc(-c2cc(-c3ccccc3)nc(-c3ccc(-c4ccc5c(c4)-c4cc(-c6cc(-c7ccccn7)nc(-c7ccccn7)c6)ccc4C54c5ccccc5Sc5ccccc54)cc3)n2)cc1. The standard InChI is InChI=1S/C62H39N5S/c1-3-15-41(16-4-1)55-39-56(42-17-5-2-6-18-42)67-61(66-55)43-27-25-40(26-28-43)44-29-31-49-47(35-44)48-36-45(46-37-57(53-21-11-13-33-63-53)65-58(38-46)54-22-12-14-34-64-54)30-32-50(48)62(49)51-19-7-9-23-59(51)68-60-24-10-8-20-52(60)62/h1-39H. The molecule has 0 atom stereocenters. The number of aromatic nitrogens is 5. The quantitative estimate of drug-likeness (QED) is 0.159. The van der Waals surface area contributed by atoms with Gasteiger partial charge in [-0.1, -0.05) is 169 Å². The molecule has 2 aliphatic rings. The summed E-state index contributed by atoms with van der Waals surface area (Å²) in [6, 6.07) is 79.7. The summed E-state index contributed by atoms with van der Waals surface area (Å²) in [4.78, 5) is 27.3. The Morgan fingerprint density at radius 3 is 1.25 bits per heavy atom. The van der Waals surface area contributed by atoms with Crippen molar-refractivity contribution in [3.8, 4) is 90.1 Å². The van der Waals surface area contributed by atoms with E-state index < -0.39 is 5.41 Å². The van der Waals surface area contributed by atoms with Crippen molar-refractivity contribution >= 4 is 11.8 Å². The number of fused-ring (bicyclic) bond motifs is 9. The third kappa shape index (κ3) is 6.68. The molecule has 68 heavy (non-hydrogen) atoms. The van der Waals surface area contributed by atoms with Crippen molar-refractivity contribution in [1.82, 2.24) is 24.9 Å². The highest BCUT2D eigenvalue weighted by molar-refractivity contribution is 7.99. The first-order valence-corrected chi connectivity index (χ1v) is 23.6. The Bertz CT molecular complexity index is 3530. The number of benzene rings is 7. The summed E-state index contributed by atoms with van der Waals surface area (Å²) in [6.45, 7) is 0. The highest BCUT2D eigenvalue weighted by Crippen LogP contribution is 2.62. The van der Waals surface area contributed by atoms with Crippen molar-refractivity contribution in [2.75, 3.05) is 0 Å². The Morgan fingerprint density at radius 1 is 0.279 bits per heavy atom. The molecule has 6 heteroatoms. The van der Waals surface area contributed by atoms with Crippen LogP contribution in [0.4, 0.5) is 0 Å². The smallest absolute Gasteiger partial charge is 0.160 e. The molecule has 0 fully saturated rings. The monoisotopic (exact) mass is 885 g/mol. The first-order chi connectivity index (χ1) is 33.7. The van der Waals surface area contributed by atoms with Gasteiger partial charge in [0, 0.05) is 38.9 Å². The Kier molecular flexibility index (Phi) is 9.58. The molecule has 13 rings (SSSR count). The minimum absolute atomic E-state index is 0.516. The minimum Gasteiger partial charge on any atom is -0.255 e. The molecule has 1 aliphatic carbocycles. The summed E-state index contributed by atoms with van der Waals surface area (Å²) < 4.78 is 0. The summed E-state index contributed by atoms with van der Waals surface area (Å²) in [7, 11) is 0. The summed E-state index contributed by atoms with van der Waals surface area (Å²) in [5, 5.41) is 0. The second-order valence-corrected chi connectivity index (χ2v) is 18.3. The van der Waals surface area contributed by atoms with E-state index in [2.05, 4.69) is 176 Å². The van der Waals surface area contributed by atoms with Crippen LogP contribution in [0.1, 0.15) is 22.3 Å². The Morgan fingerprint density at radius 2 is 0.735 bits per heavy atom. The number of pyridine rings is 3. The van der Waals surface area contributed by atoms with Gasteiger partial charge in [-0.2, -0.15) is 0 Å². The Labute approximate surface area is 399 Å². The van der Waals surface area contributed by atoms with E-state index in [9.17, 15) is 0 Å². The maximum atomic E-state index is 5.11. The molecule has 5 heterocycles. The summed E-state index contributed by atoms with van der Waals surface area (Å²) in [5.74, 6) is 0.690. The molecule has 0 saturated carbocycles.